The minimum Gasteiger partial charge on any atom is -0.375 e. The molecule has 25 heavy (non-hydrogen) atoms. The van der Waals surface area contributed by atoms with Gasteiger partial charge in [0.2, 0.25) is 15.9 Å². The Bertz CT molecular complexity index is 742. The van der Waals surface area contributed by atoms with Crippen molar-refractivity contribution in [3.63, 3.8) is 0 Å². The summed E-state index contributed by atoms with van der Waals surface area (Å²) in [5.74, 6) is -1.21. The summed E-state index contributed by atoms with van der Waals surface area (Å²) in [5, 5.41) is 5.65. The number of carbonyl (C=O) groups is 1. The number of amides is 1. The van der Waals surface area contributed by atoms with E-state index in [1.54, 1.807) is 6.92 Å². The van der Waals surface area contributed by atoms with E-state index in [4.69, 9.17) is 4.74 Å². The molecule has 0 aromatic heterocycles. The zero-order valence-electron chi connectivity index (χ0n) is 13.6. The maximum atomic E-state index is 13.9. The van der Waals surface area contributed by atoms with Crippen LogP contribution in [0, 0.1) is 5.82 Å². The van der Waals surface area contributed by atoms with Gasteiger partial charge in [-0.3, -0.25) is 4.79 Å². The second kappa shape index (κ2) is 7.96. The van der Waals surface area contributed by atoms with Crippen LogP contribution in [0.25, 0.3) is 0 Å². The molecule has 1 aromatic rings. The first-order valence-corrected chi connectivity index (χ1v) is 9.33. The van der Waals surface area contributed by atoms with Gasteiger partial charge < -0.3 is 15.4 Å². The monoisotopic (exact) mass is 393 g/mol. The van der Waals surface area contributed by atoms with Gasteiger partial charge in [0, 0.05) is 18.3 Å². The lowest BCUT2D eigenvalue weighted by atomic mass is 10.1. The van der Waals surface area contributed by atoms with Crippen molar-refractivity contribution in [3.05, 3.63) is 24.0 Å². The van der Waals surface area contributed by atoms with Crippen molar-refractivity contribution in [1.29, 1.82) is 0 Å². The van der Waals surface area contributed by atoms with E-state index in [1.807, 2.05) is 0 Å². The number of morpholine rings is 1. The van der Waals surface area contributed by atoms with Crippen molar-refractivity contribution in [1.82, 2.24) is 10.0 Å². The SMILES string of the molecule is C[C@H]1OCCN[C@@H]1C(=O)Nc1ccc(F)c(S(=O)(=O)NC2CC2)c1.Cl. The van der Waals surface area contributed by atoms with E-state index >= 15 is 0 Å². The van der Waals surface area contributed by atoms with E-state index in [2.05, 4.69) is 15.4 Å². The fraction of sp³-hybridized carbons (Fsp3) is 0.533. The van der Waals surface area contributed by atoms with Gasteiger partial charge >= 0.3 is 0 Å². The molecule has 3 N–H and O–H groups in total. The van der Waals surface area contributed by atoms with Crippen LogP contribution in [0.4, 0.5) is 10.1 Å². The van der Waals surface area contributed by atoms with Crippen molar-refractivity contribution in [2.45, 2.75) is 42.8 Å². The Morgan fingerprint density at radius 1 is 1.36 bits per heavy atom. The van der Waals surface area contributed by atoms with Gasteiger partial charge in [-0.1, -0.05) is 0 Å². The number of hydrogen-bond donors (Lipinski definition) is 3. The molecule has 1 heterocycles. The highest BCUT2D eigenvalue weighted by Crippen LogP contribution is 2.25. The first kappa shape index (κ1) is 20.1. The third-order valence-corrected chi connectivity index (χ3v) is 5.52. The quantitative estimate of drug-likeness (QED) is 0.693. The van der Waals surface area contributed by atoms with Gasteiger partial charge in [-0.2, -0.15) is 0 Å². The highest BCUT2D eigenvalue weighted by atomic mass is 35.5. The highest BCUT2D eigenvalue weighted by Gasteiger charge is 2.31. The van der Waals surface area contributed by atoms with E-state index in [1.165, 1.54) is 6.07 Å². The average Bonchev–Trinajstić information content (AvgIpc) is 3.32. The van der Waals surface area contributed by atoms with Gasteiger partial charge in [0.1, 0.15) is 16.8 Å². The number of sulfonamides is 1. The Kier molecular flexibility index (Phi) is 6.39. The summed E-state index contributed by atoms with van der Waals surface area (Å²) in [7, 11) is -3.94. The number of benzene rings is 1. The molecule has 7 nitrogen and oxygen atoms in total. The summed E-state index contributed by atoms with van der Waals surface area (Å²) >= 11 is 0. The number of ether oxygens (including phenoxy) is 1. The third kappa shape index (κ3) is 4.89. The fourth-order valence-corrected chi connectivity index (χ4v) is 3.93. The summed E-state index contributed by atoms with van der Waals surface area (Å²) in [4.78, 5) is 11.8. The second-order valence-electron chi connectivity index (χ2n) is 6.04. The number of halogens is 2. The molecule has 1 saturated heterocycles. The van der Waals surface area contributed by atoms with Crippen LogP contribution in [0.15, 0.2) is 23.1 Å². The Labute approximate surface area is 152 Å². The molecule has 0 spiro atoms. The Hall–Kier alpha value is -1.26. The maximum absolute atomic E-state index is 13.9. The van der Waals surface area contributed by atoms with Crippen molar-refractivity contribution in [2.75, 3.05) is 18.5 Å². The van der Waals surface area contributed by atoms with Crippen molar-refractivity contribution >= 4 is 34.0 Å². The Morgan fingerprint density at radius 2 is 2.08 bits per heavy atom. The molecule has 1 aliphatic heterocycles. The van der Waals surface area contributed by atoms with Crippen molar-refractivity contribution in [2.24, 2.45) is 0 Å². The molecule has 1 aliphatic carbocycles. The van der Waals surface area contributed by atoms with E-state index in [0.717, 1.165) is 25.0 Å². The van der Waals surface area contributed by atoms with Crippen LogP contribution in [0.5, 0.6) is 0 Å². The zero-order valence-corrected chi connectivity index (χ0v) is 15.3. The second-order valence-corrected chi connectivity index (χ2v) is 7.72. The topological polar surface area (TPSA) is 96.5 Å². The smallest absolute Gasteiger partial charge is 0.244 e. The number of anilines is 1. The van der Waals surface area contributed by atoms with Gasteiger partial charge in [-0.25, -0.2) is 17.5 Å². The van der Waals surface area contributed by atoms with E-state index < -0.39 is 26.8 Å². The van der Waals surface area contributed by atoms with Crippen LogP contribution in [0.1, 0.15) is 19.8 Å². The molecular weight excluding hydrogens is 373 g/mol. The average molecular weight is 394 g/mol. The minimum atomic E-state index is -3.94. The van der Waals surface area contributed by atoms with Gasteiger partial charge in [-0.15, -0.1) is 12.4 Å². The van der Waals surface area contributed by atoms with Crippen molar-refractivity contribution in [3.8, 4) is 0 Å². The lowest BCUT2D eigenvalue weighted by molar-refractivity contribution is -0.123. The van der Waals surface area contributed by atoms with E-state index in [0.29, 0.717) is 13.2 Å². The summed E-state index contributed by atoms with van der Waals surface area (Å²) in [6.07, 6.45) is 1.20. The normalized spacial score (nSPS) is 23.6. The van der Waals surface area contributed by atoms with Gasteiger partial charge in [-0.05, 0) is 38.0 Å². The molecule has 2 fully saturated rings. The molecule has 2 aliphatic rings. The largest absolute Gasteiger partial charge is 0.375 e. The number of carbonyl (C=O) groups excluding carboxylic acids is 1. The number of nitrogens with one attached hydrogen (secondary N) is 3. The van der Waals surface area contributed by atoms with Crippen molar-refractivity contribution < 1.29 is 22.3 Å². The lowest BCUT2D eigenvalue weighted by Gasteiger charge is -2.29. The first-order valence-electron chi connectivity index (χ1n) is 7.84. The zero-order chi connectivity index (χ0) is 17.3. The molecule has 0 unspecified atom stereocenters. The van der Waals surface area contributed by atoms with Gasteiger partial charge in [0.05, 0.1) is 12.7 Å². The molecule has 10 heteroatoms. The molecular formula is C15H21ClFN3O4S. The third-order valence-electron chi connectivity index (χ3n) is 3.99. The number of hydrogen-bond acceptors (Lipinski definition) is 5. The maximum Gasteiger partial charge on any atom is 0.244 e. The fourth-order valence-electron chi connectivity index (χ4n) is 2.52. The van der Waals surface area contributed by atoms with Gasteiger partial charge in [0.25, 0.3) is 0 Å². The minimum absolute atomic E-state index is 0. The molecule has 1 saturated carbocycles. The highest BCUT2D eigenvalue weighted by molar-refractivity contribution is 7.89. The standard InChI is InChI=1S/C15H20FN3O4S.ClH/c1-9-14(17-6-7-23-9)15(20)18-11-4-5-12(16)13(8-11)24(21,22)19-10-2-3-10;/h4-5,8-10,14,17,19H,2-3,6-7H2,1H3,(H,18,20);1H/t9-,14+;/m1./s1. The number of rotatable bonds is 5. The summed E-state index contributed by atoms with van der Waals surface area (Å²) in [6, 6.07) is 2.82. The molecule has 2 atom stereocenters. The van der Waals surface area contributed by atoms with Crippen LogP contribution in [0.3, 0.4) is 0 Å². The molecule has 1 aromatic carbocycles. The molecule has 140 valence electrons. The van der Waals surface area contributed by atoms with Crippen LogP contribution in [0.2, 0.25) is 0 Å². The molecule has 1 amide bonds. The summed E-state index contributed by atoms with van der Waals surface area (Å²) < 4.78 is 46.2. The van der Waals surface area contributed by atoms with Crippen LogP contribution in [-0.2, 0) is 19.6 Å². The molecule has 3 rings (SSSR count). The predicted octanol–water partition coefficient (Wildman–Crippen LogP) is 1.00. The Morgan fingerprint density at radius 3 is 2.72 bits per heavy atom. The van der Waals surface area contributed by atoms with E-state index in [-0.39, 0.29) is 36.1 Å². The van der Waals surface area contributed by atoms with Crippen LogP contribution < -0.4 is 15.4 Å². The summed E-state index contributed by atoms with van der Waals surface area (Å²) in [5.41, 5.74) is 0.220. The summed E-state index contributed by atoms with van der Waals surface area (Å²) in [6.45, 7) is 2.85. The van der Waals surface area contributed by atoms with Crippen LogP contribution >= 0.6 is 12.4 Å². The first-order chi connectivity index (χ1) is 11.4. The Balaban J connectivity index is 0.00000225. The molecule has 0 radical (unpaired) electrons. The predicted molar refractivity (Wildman–Crippen MR) is 92.8 cm³/mol. The molecule has 0 bridgehead atoms. The van der Waals surface area contributed by atoms with E-state index in [9.17, 15) is 17.6 Å². The lowest BCUT2D eigenvalue weighted by Crippen LogP contribution is -2.53. The van der Waals surface area contributed by atoms with Crippen LogP contribution in [-0.4, -0.2) is 45.7 Å². The van der Waals surface area contributed by atoms with Gasteiger partial charge in [0.15, 0.2) is 0 Å².